The van der Waals surface area contributed by atoms with E-state index in [0.29, 0.717) is 18.3 Å². The Bertz CT molecular complexity index is 618. The molecule has 0 aliphatic rings. The highest BCUT2D eigenvalue weighted by Crippen LogP contribution is 2.26. The van der Waals surface area contributed by atoms with E-state index >= 15 is 0 Å². The van der Waals surface area contributed by atoms with E-state index < -0.39 is 0 Å². The summed E-state index contributed by atoms with van der Waals surface area (Å²) in [7, 11) is 0. The third kappa shape index (κ3) is 5.36. The Labute approximate surface area is 145 Å². The molecule has 0 aliphatic carbocycles. The van der Waals surface area contributed by atoms with Crippen molar-refractivity contribution in [2.75, 3.05) is 6.61 Å². The minimum atomic E-state index is -0.285. The lowest BCUT2D eigenvalue weighted by molar-refractivity contribution is 0.291. The van der Waals surface area contributed by atoms with E-state index in [2.05, 4.69) is 45.0 Å². The van der Waals surface area contributed by atoms with E-state index in [1.54, 1.807) is 12.1 Å². The second-order valence-electron chi connectivity index (χ2n) is 6.62. The molecule has 24 heavy (non-hydrogen) atoms. The van der Waals surface area contributed by atoms with Crippen LogP contribution in [0.3, 0.4) is 0 Å². The molecule has 0 spiro atoms. The molecule has 0 aromatic heterocycles. The van der Waals surface area contributed by atoms with Crippen molar-refractivity contribution in [1.29, 1.82) is 0 Å². The van der Waals surface area contributed by atoms with Gasteiger partial charge in [0.25, 0.3) is 0 Å². The molecule has 1 nitrogen and oxygen atoms in total. The molecule has 0 fully saturated rings. The predicted molar refractivity (Wildman–Crippen MR) is 100 cm³/mol. The van der Waals surface area contributed by atoms with Crippen LogP contribution in [-0.2, 0) is 6.42 Å². The lowest BCUT2D eigenvalue weighted by Gasteiger charge is -2.11. The molecule has 2 aromatic rings. The first-order chi connectivity index (χ1) is 11.6. The van der Waals surface area contributed by atoms with Gasteiger partial charge >= 0.3 is 0 Å². The van der Waals surface area contributed by atoms with E-state index in [1.165, 1.54) is 12.0 Å². The summed E-state index contributed by atoms with van der Waals surface area (Å²) < 4.78 is 19.7. The van der Waals surface area contributed by atoms with Crippen LogP contribution in [0.2, 0.25) is 0 Å². The Balaban J connectivity index is 2.02. The molecule has 2 rings (SSSR count). The number of unbranched alkanes of at least 4 members (excludes halogenated alkanes) is 2. The first-order valence-electron chi connectivity index (χ1n) is 9.15. The summed E-state index contributed by atoms with van der Waals surface area (Å²) in [5, 5.41) is 0. The minimum Gasteiger partial charge on any atom is -0.491 e. The Morgan fingerprint density at radius 3 is 2.29 bits per heavy atom. The average Bonchev–Trinajstić information content (AvgIpc) is 2.60. The standard InChI is InChI=1S/C22H29FO/c1-4-6-7-14-24-22-13-12-20(16-21(22)23)19-10-8-18(9-11-19)15-17(3)5-2/h8-13,16-17H,4-7,14-15H2,1-3H3. The van der Waals surface area contributed by atoms with Crippen molar-refractivity contribution in [3.8, 4) is 16.9 Å². The van der Waals surface area contributed by atoms with Crippen molar-refractivity contribution in [3.05, 3.63) is 53.8 Å². The zero-order chi connectivity index (χ0) is 17.4. The van der Waals surface area contributed by atoms with Crippen LogP contribution in [0.4, 0.5) is 4.39 Å². The smallest absolute Gasteiger partial charge is 0.165 e. The molecule has 0 aliphatic heterocycles. The number of ether oxygens (including phenoxy) is 1. The Hall–Kier alpha value is -1.83. The van der Waals surface area contributed by atoms with Crippen LogP contribution in [0, 0.1) is 11.7 Å². The summed E-state index contributed by atoms with van der Waals surface area (Å²) in [6.07, 6.45) is 5.50. The molecule has 1 atom stereocenters. The maximum absolute atomic E-state index is 14.2. The second kappa shape index (κ2) is 9.46. The molecule has 2 aromatic carbocycles. The number of hydrogen-bond donors (Lipinski definition) is 0. The maximum atomic E-state index is 14.2. The highest BCUT2D eigenvalue weighted by Gasteiger charge is 2.07. The zero-order valence-corrected chi connectivity index (χ0v) is 15.1. The van der Waals surface area contributed by atoms with Gasteiger partial charge in [0, 0.05) is 0 Å². The second-order valence-corrected chi connectivity index (χ2v) is 6.62. The van der Waals surface area contributed by atoms with Gasteiger partial charge < -0.3 is 4.74 Å². The zero-order valence-electron chi connectivity index (χ0n) is 15.1. The predicted octanol–water partition coefficient (Wildman–Crippen LogP) is 6.65. The normalized spacial score (nSPS) is 12.2. The van der Waals surface area contributed by atoms with Crippen molar-refractivity contribution in [1.82, 2.24) is 0 Å². The van der Waals surface area contributed by atoms with Crippen LogP contribution in [0.25, 0.3) is 11.1 Å². The molecule has 0 saturated heterocycles. The molecule has 0 radical (unpaired) electrons. The van der Waals surface area contributed by atoms with Gasteiger partial charge in [-0.1, -0.05) is 70.4 Å². The number of halogens is 1. The van der Waals surface area contributed by atoms with E-state index in [0.717, 1.165) is 36.8 Å². The monoisotopic (exact) mass is 328 g/mol. The summed E-state index contributed by atoms with van der Waals surface area (Å²) in [6, 6.07) is 13.7. The topological polar surface area (TPSA) is 9.23 Å². The first-order valence-corrected chi connectivity index (χ1v) is 9.15. The van der Waals surface area contributed by atoms with Gasteiger partial charge in [0.05, 0.1) is 6.61 Å². The molecule has 0 amide bonds. The lowest BCUT2D eigenvalue weighted by atomic mass is 9.97. The van der Waals surface area contributed by atoms with E-state index in [9.17, 15) is 4.39 Å². The van der Waals surface area contributed by atoms with Gasteiger partial charge in [-0.2, -0.15) is 0 Å². The van der Waals surface area contributed by atoms with Gasteiger partial charge in [-0.25, -0.2) is 4.39 Å². The largest absolute Gasteiger partial charge is 0.491 e. The van der Waals surface area contributed by atoms with Crippen LogP contribution in [0.15, 0.2) is 42.5 Å². The Kier molecular flexibility index (Phi) is 7.30. The highest BCUT2D eigenvalue weighted by molar-refractivity contribution is 5.64. The van der Waals surface area contributed by atoms with Crippen LogP contribution in [-0.4, -0.2) is 6.61 Å². The van der Waals surface area contributed by atoms with Gasteiger partial charge in [0.1, 0.15) is 0 Å². The highest BCUT2D eigenvalue weighted by atomic mass is 19.1. The Morgan fingerprint density at radius 2 is 1.67 bits per heavy atom. The molecular formula is C22H29FO. The molecule has 130 valence electrons. The van der Waals surface area contributed by atoms with E-state index in [1.807, 2.05) is 6.07 Å². The lowest BCUT2D eigenvalue weighted by Crippen LogP contribution is -1.99. The van der Waals surface area contributed by atoms with Crippen LogP contribution < -0.4 is 4.74 Å². The van der Waals surface area contributed by atoms with Crippen molar-refractivity contribution in [2.24, 2.45) is 5.92 Å². The molecule has 0 N–H and O–H groups in total. The van der Waals surface area contributed by atoms with E-state index in [4.69, 9.17) is 4.74 Å². The van der Waals surface area contributed by atoms with Gasteiger partial charge in [0.15, 0.2) is 11.6 Å². The molecule has 1 unspecified atom stereocenters. The van der Waals surface area contributed by atoms with Crippen LogP contribution >= 0.6 is 0 Å². The van der Waals surface area contributed by atoms with Gasteiger partial charge in [-0.15, -0.1) is 0 Å². The molecule has 0 saturated carbocycles. The van der Waals surface area contributed by atoms with Crippen LogP contribution in [0.5, 0.6) is 5.75 Å². The maximum Gasteiger partial charge on any atom is 0.165 e. The fourth-order valence-corrected chi connectivity index (χ4v) is 2.71. The average molecular weight is 328 g/mol. The summed E-state index contributed by atoms with van der Waals surface area (Å²) in [5.41, 5.74) is 3.27. The summed E-state index contributed by atoms with van der Waals surface area (Å²) in [4.78, 5) is 0. The first kappa shape index (κ1) is 18.5. The molecule has 2 heteroatoms. The molecule has 0 bridgehead atoms. The fourth-order valence-electron chi connectivity index (χ4n) is 2.71. The fraction of sp³-hybridized carbons (Fsp3) is 0.455. The summed E-state index contributed by atoms with van der Waals surface area (Å²) >= 11 is 0. The SMILES string of the molecule is CCCCCOc1ccc(-c2ccc(CC(C)CC)cc2)cc1F. The number of benzene rings is 2. The van der Waals surface area contributed by atoms with E-state index in [-0.39, 0.29) is 5.82 Å². The molecule has 0 heterocycles. The van der Waals surface area contributed by atoms with Gasteiger partial charge in [-0.05, 0) is 47.6 Å². The number of rotatable bonds is 9. The van der Waals surface area contributed by atoms with Crippen molar-refractivity contribution < 1.29 is 9.13 Å². The summed E-state index contributed by atoms with van der Waals surface area (Å²) in [6.45, 7) is 7.20. The number of hydrogen-bond acceptors (Lipinski definition) is 1. The third-order valence-electron chi connectivity index (χ3n) is 4.51. The van der Waals surface area contributed by atoms with Gasteiger partial charge in [-0.3, -0.25) is 0 Å². The minimum absolute atomic E-state index is 0.285. The Morgan fingerprint density at radius 1 is 0.958 bits per heavy atom. The van der Waals surface area contributed by atoms with Gasteiger partial charge in [0.2, 0.25) is 0 Å². The quantitative estimate of drug-likeness (QED) is 0.468. The van der Waals surface area contributed by atoms with Crippen molar-refractivity contribution >= 4 is 0 Å². The van der Waals surface area contributed by atoms with Crippen molar-refractivity contribution in [3.63, 3.8) is 0 Å². The van der Waals surface area contributed by atoms with Crippen LogP contribution in [0.1, 0.15) is 52.0 Å². The van der Waals surface area contributed by atoms with Crippen molar-refractivity contribution in [2.45, 2.75) is 52.9 Å². The third-order valence-corrected chi connectivity index (χ3v) is 4.51. The molecular weight excluding hydrogens is 299 g/mol. The summed E-state index contributed by atoms with van der Waals surface area (Å²) in [5.74, 6) is 0.758.